The van der Waals surface area contributed by atoms with Crippen LogP contribution in [0.25, 0.3) is 0 Å². The first-order chi connectivity index (χ1) is 18.0. The van der Waals surface area contributed by atoms with Gasteiger partial charge in [0.2, 0.25) is 0 Å². The van der Waals surface area contributed by atoms with Gasteiger partial charge in [0.1, 0.15) is 23.0 Å². The van der Waals surface area contributed by atoms with Gasteiger partial charge in [-0.05, 0) is 71.8 Å². The zero-order chi connectivity index (χ0) is 27.4. The van der Waals surface area contributed by atoms with E-state index >= 15 is 0 Å². The van der Waals surface area contributed by atoms with Gasteiger partial charge in [0.25, 0.3) is 5.95 Å². The van der Waals surface area contributed by atoms with Crippen LogP contribution >= 0.6 is 0 Å². The van der Waals surface area contributed by atoms with E-state index in [0.717, 1.165) is 36.1 Å². The molecule has 0 aliphatic heterocycles. The quantitative estimate of drug-likeness (QED) is 0.307. The summed E-state index contributed by atoms with van der Waals surface area (Å²) in [6.07, 6.45) is 2.94. The summed E-state index contributed by atoms with van der Waals surface area (Å²) >= 11 is 0. The van der Waals surface area contributed by atoms with Crippen molar-refractivity contribution in [2.24, 2.45) is 5.92 Å². The molecule has 1 N–H and O–H groups in total. The summed E-state index contributed by atoms with van der Waals surface area (Å²) in [5.41, 5.74) is 5.48. The highest BCUT2D eigenvalue weighted by molar-refractivity contribution is 5.99. The van der Waals surface area contributed by atoms with Gasteiger partial charge in [-0.15, -0.1) is 0 Å². The molecule has 2 atom stereocenters. The van der Waals surface area contributed by atoms with Gasteiger partial charge in [0.05, 0.1) is 27.0 Å². The summed E-state index contributed by atoms with van der Waals surface area (Å²) in [4.78, 5) is 0. The maximum absolute atomic E-state index is 8.98. The SMILES string of the molecule is COc1cc(OC)c(C2CCC2C(=N)c2ccc(Oc3cc4c(cc3C)C(C)(C)CC4(C)C)o2)c(OC)c1. The van der Waals surface area contributed by atoms with E-state index in [1.165, 1.54) is 11.1 Å². The van der Waals surface area contributed by atoms with Gasteiger partial charge in [0.15, 0.2) is 5.76 Å². The molecule has 0 amide bonds. The Bertz CT molecular complexity index is 1360. The van der Waals surface area contributed by atoms with Crippen molar-refractivity contribution in [2.75, 3.05) is 21.3 Å². The summed E-state index contributed by atoms with van der Waals surface area (Å²) < 4.78 is 29.1. The Kier molecular flexibility index (Phi) is 6.49. The van der Waals surface area contributed by atoms with Crippen LogP contribution in [0.4, 0.5) is 0 Å². The third-order valence-corrected chi connectivity index (χ3v) is 8.48. The van der Waals surface area contributed by atoms with Gasteiger partial charge >= 0.3 is 0 Å². The summed E-state index contributed by atoms with van der Waals surface area (Å²) in [6, 6.07) is 11.8. The lowest BCUT2D eigenvalue weighted by molar-refractivity contribution is 0.297. The number of hydrogen-bond donors (Lipinski definition) is 1. The molecule has 202 valence electrons. The van der Waals surface area contributed by atoms with E-state index in [9.17, 15) is 0 Å². The maximum Gasteiger partial charge on any atom is 0.290 e. The Labute approximate surface area is 225 Å². The molecule has 0 spiro atoms. The Balaban J connectivity index is 1.38. The minimum atomic E-state index is -0.00467. The number of benzene rings is 2. The summed E-state index contributed by atoms with van der Waals surface area (Å²) in [6.45, 7) is 11.3. The monoisotopic (exact) mass is 517 g/mol. The van der Waals surface area contributed by atoms with Crippen LogP contribution < -0.4 is 18.9 Å². The van der Waals surface area contributed by atoms with Crippen molar-refractivity contribution in [1.29, 1.82) is 5.41 Å². The van der Waals surface area contributed by atoms with Crippen LogP contribution in [-0.2, 0) is 10.8 Å². The van der Waals surface area contributed by atoms with E-state index in [1.54, 1.807) is 21.3 Å². The van der Waals surface area contributed by atoms with Crippen molar-refractivity contribution in [1.82, 2.24) is 0 Å². The molecule has 1 saturated carbocycles. The fraction of sp³-hybridized carbons (Fsp3) is 0.469. The first-order valence-electron chi connectivity index (χ1n) is 13.3. The van der Waals surface area contributed by atoms with Crippen LogP contribution in [0.2, 0.25) is 0 Å². The van der Waals surface area contributed by atoms with Crippen LogP contribution in [0.1, 0.15) is 80.9 Å². The Morgan fingerprint density at radius 1 is 0.842 bits per heavy atom. The number of aryl methyl sites for hydroxylation is 1. The van der Waals surface area contributed by atoms with Gasteiger partial charge in [-0.2, -0.15) is 0 Å². The van der Waals surface area contributed by atoms with Crippen molar-refractivity contribution >= 4 is 5.71 Å². The second-order valence-electron chi connectivity index (χ2n) is 12.0. The number of furan rings is 1. The topological polar surface area (TPSA) is 73.9 Å². The van der Waals surface area contributed by atoms with Crippen molar-refractivity contribution in [3.63, 3.8) is 0 Å². The first kappa shape index (κ1) is 26.2. The predicted molar refractivity (Wildman–Crippen MR) is 149 cm³/mol. The molecule has 5 rings (SSSR count). The van der Waals surface area contributed by atoms with Gasteiger partial charge in [0, 0.05) is 29.7 Å². The lowest BCUT2D eigenvalue weighted by Crippen LogP contribution is -2.31. The van der Waals surface area contributed by atoms with Gasteiger partial charge in [-0.3, -0.25) is 0 Å². The summed E-state index contributed by atoms with van der Waals surface area (Å²) in [7, 11) is 4.92. The molecule has 2 aromatic carbocycles. The molecular weight excluding hydrogens is 478 g/mol. The molecule has 2 unspecified atom stereocenters. The van der Waals surface area contributed by atoms with E-state index in [1.807, 2.05) is 24.3 Å². The predicted octanol–water partition coefficient (Wildman–Crippen LogP) is 7.93. The zero-order valence-corrected chi connectivity index (χ0v) is 23.8. The highest BCUT2D eigenvalue weighted by Gasteiger charge is 2.43. The van der Waals surface area contributed by atoms with Crippen molar-refractivity contribution in [2.45, 2.75) is 70.6 Å². The zero-order valence-electron chi connectivity index (χ0n) is 23.8. The number of ether oxygens (including phenoxy) is 4. The third kappa shape index (κ3) is 4.34. The lowest BCUT2D eigenvalue weighted by atomic mass is 9.67. The molecule has 0 bridgehead atoms. The molecule has 2 aliphatic carbocycles. The summed E-state index contributed by atoms with van der Waals surface area (Å²) in [5, 5.41) is 8.98. The molecule has 1 fully saturated rings. The van der Waals surface area contributed by atoms with E-state index < -0.39 is 0 Å². The molecule has 6 nitrogen and oxygen atoms in total. The number of nitrogens with one attached hydrogen (secondary N) is 1. The smallest absolute Gasteiger partial charge is 0.290 e. The largest absolute Gasteiger partial charge is 0.496 e. The fourth-order valence-corrected chi connectivity index (χ4v) is 6.61. The summed E-state index contributed by atoms with van der Waals surface area (Å²) in [5.74, 6) is 3.92. The molecule has 1 aromatic heterocycles. The van der Waals surface area contributed by atoms with E-state index in [4.69, 9.17) is 28.8 Å². The van der Waals surface area contributed by atoms with Crippen LogP contribution in [-0.4, -0.2) is 27.0 Å². The van der Waals surface area contributed by atoms with Crippen molar-refractivity contribution in [3.05, 3.63) is 64.4 Å². The first-order valence-corrected chi connectivity index (χ1v) is 13.3. The molecule has 3 aromatic rings. The second kappa shape index (κ2) is 9.40. The number of hydrogen-bond acceptors (Lipinski definition) is 6. The second-order valence-corrected chi connectivity index (χ2v) is 12.0. The van der Waals surface area contributed by atoms with Crippen molar-refractivity contribution in [3.8, 4) is 28.9 Å². The van der Waals surface area contributed by atoms with Gasteiger partial charge in [-0.1, -0.05) is 33.8 Å². The van der Waals surface area contributed by atoms with Gasteiger partial charge in [-0.25, -0.2) is 0 Å². The average Bonchev–Trinajstić information content (AvgIpc) is 3.38. The molecule has 1 heterocycles. The third-order valence-electron chi connectivity index (χ3n) is 8.48. The maximum atomic E-state index is 8.98. The fourth-order valence-electron chi connectivity index (χ4n) is 6.61. The Morgan fingerprint density at radius 3 is 2.03 bits per heavy atom. The molecule has 0 saturated heterocycles. The molecule has 0 radical (unpaired) electrons. The van der Waals surface area contributed by atoms with E-state index in [2.05, 4.69) is 46.8 Å². The minimum Gasteiger partial charge on any atom is -0.496 e. The van der Waals surface area contributed by atoms with Crippen LogP contribution in [0.5, 0.6) is 28.9 Å². The normalized spacial score (nSPS) is 20.8. The minimum absolute atomic E-state index is 0.00467. The van der Waals surface area contributed by atoms with Crippen molar-refractivity contribution < 1.29 is 23.4 Å². The molecule has 6 heteroatoms. The molecule has 38 heavy (non-hydrogen) atoms. The number of methoxy groups -OCH3 is 3. The van der Waals surface area contributed by atoms with Crippen LogP contribution in [0.3, 0.4) is 0 Å². The Hall–Kier alpha value is -3.41. The Morgan fingerprint density at radius 2 is 1.47 bits per heavy atom. The highest BCUT2D eigenvalue weighted by Crippen LogP contribution is 2.53. The number of rotatable bonds is 8. The van der Waals surface area contributed by atoms with Crippen LogP contribution in [0, 0.1) is 18.3 Å². The van der Waals surface area contributed by atoms with E-state index in [-0.39, 0.29) is 22.7 Å². The van der Waals surface area contributed by atoms with Crippen LogP contribution in [0.15, 0.2) is 40.8 Å². The average molecular weight is 518 g/mol. The highest BCUT2D eigenvalue weighted by atomic mass is 16.6. The number of fused-ring (bicyclic) bond motifs is 1. The molecular formula is C32H39NO5. The standard InChI is InChI=1S/C32H39NO5/c1-18-13-22-23(32(4,5)17-31(22,2)3)16-25(18)38-28-12-11-24(37-28)30(33)21-10-9-20(21)29-26(35-7)14-19(34-6)15-27(29)36-8/h11-16,20-21,33H,9-10,17H2,1-8H3. The molecule has 2 aliphatic rings. The van der Waals surface area contributed by atoms with Gasteiger partial charge < -0.3 is 28.8 Å². The van der Waals surface area contributed by atoms with E-state index in [0.29, 0.717) is 34.7 Å². The lowest BCUT2D eigenvalue weighted by Gasteiger charge is -2.38.